The molecule has 8 heteroatoms. The van der Waals surface area contributed by atoms with E-state index < -0.39 is 0 Å². The van der Waals surface area contributed by atoms with Gasteiger partial charge in [-0.2, -0.15) is 5.10 Å². The van der Waals surface area contributed by atoms with Gasteiger partial charge in [-0.05, 0) is 36.8 Å². The van der Waals surface area contributed by atoms with Crippen molar-refractivity contribution in [3.63, 3.8) is 0 Å². The Bertz CT molecular complexity index is 1260. The van der Waals surface area contributed by atoms with Crippen molar-refractivity contribution >= 4 is 58.1 Å². The fourth-order valence-corrected chi connectivity index (χ4v) is 4.46. The number of benzene rings is 3. The molecule has 162 valence electrons. The first-order valence-electron chi connectivity index (χ1n) is 9.91. The van der Waals surface area contributed by atoms with Gasteiger partial charge < -0.3 is 4.57 Å². The van der Waals surface area contributed by atoms with Gasteiger partial charge in [0, 0.05) is 5.56 Å². The Kier molecular flexibility index (Phi) is 7.15. The summed E-state index contributed by atoms with van der Waals surface area (Å²) in [6, 6.07) is 21.6. The largest absolute Gasteiger partial charge is 0.314 e. The predicted molar refractivity (Wildman–Crippen MR) is 133 cm³/mol. The van der Waals surface area contributed by atoms with Crippen molar-refractivity contribution < 1.29 is 4.79 Å². The summed E-state index contributed by atoms with van der Waals surface area (Å²) in [6.07, 6.45) is 1.44. The molecule has 1 aromatic heterocycles. The minimum absolute atomic E-state index is 0.171. The van der Waals surface area contributed by atoms with Crippen LogP contribution in [0.15, 0.2) is 77.0 Å². The SMILES string of the molecule is Cc1ccc(Cn2c(SCC(=O)N/N=C\c3c(Cl)cccc3Cl)nc3ccccc32)cc1. The molecule has 1 N–H and O–H groups in total. The molecule has 32 heavy (non-hydrogen) atoms. The van der Waals surface area contributed by atoms with E-state index in [0.29, 0.717) is 22.2 Å². The summed E-state index contributed by atoms with van der Waals surface area (Å²) in [7, 11) is 0. The summed E-state index contributed by atoms with van der Waals surface area (Å²) in [4.78, 5) is 17.1. The maximum Gasteiger partial charge on any atom is 0.250 e. The number of aromatic nitrogens is 2. The predicted octanol–water partition coefficient (Wildman–Crippen LogP) is 5.94. The molecule has 1 amide bonds. The first-order chi connectivity index (χ1) is 15.5. The second kappa shape index (κ2) is 10.2. The number of thioether (sulfide) groups is 1. The second-order valence-electron chi connectivity index (χ2n) is 7.17. The number of hydrogen-bond acceptors (Lipinski definition) is 4. The number of hydrogen-bond donors (Lipinski definition) is 1. The second-order valence-corrected chi connectivity index (χ2v) is 8.93. The van der Waals surface area contributed by atoms with Crippen LogP contribution < -0.4 is 5.43 Å². The number of imidazole rings is 1. The normalized spacial score (nSPS) is 11.3. The van der Waals surface area contributed by atoms with E-state index in [0.717, 1.165) is 16.2 Å². The average Bonchev–Trinajstić information content (AvgIpc) is 3.13. The summed E-state index contributed by atoms with van der Waals surface area (Å²) < 4.78 is 2.13. The summed E-state index contributed by atoms with van der Waals surface area (Å²) in [6.45, 7) is 2.74. The number of aryl methyl sites for hydroxylation is 1. The first-order valence-corrected chi connectivity index (χ1v) is 11.6. The van der Waals surface area contributed by atoms with Crippen molar-refractivity contribution in [2.45, 2.75) is 18.6 Å². The Morgan fingerprint density at radius 3 is 2.53 bits per heavy atom. The van der Waals surface area contributed by atoms with Gasteiger partial charge in [0.1, 0.15) is 0 Å². The van der Waals surface area contributed by atoms with E-state index in [1.54, 1.807) is 18.2 Å². The van der Waals surface area contributed by atoms with Gasteiger partial charge in [-0.15, -0.1) is 0 Å². The molecule has 5 nitrogen and oxygen atoms in total. The van der Waals surface area contributed by atoms with Gasteiger partial charge in [-0.25, -0.2) is 10.4 Å². The summed E-state index contributed by atoms with van der Waals surface area (Å²) in [5.41, 5.74) is 7.40. The van der Waals surface area contributed by atoms with Crippen LogP contribution in [-0.4, -0.2) is 27.4 Å². The van der Waals surface area contributed by atoms with Crippen LogP contribution in [0.5, 0.6) is 0 Å². The number of halogens is 2. The molecular weight excluding hydrogens is 463 g/mol. The highest BCUT2D eigenvalue weighted by atomic mass is 35.5. The highest BCUT2D eigenvalue weighted by Crippen LogP contribution is 2.25. The van der Waals surface area contributed by atoms with Crippen molar-refractivity contribution in [3.8, 4) is 0 Å². The van der Waals surface area contributed by atoms with Crippen LogP contribution in [-0.2, 0) is 11.3 Å². The number of hydrazone groups is 1. The van der Waals surface area contributed by atoms with Crippen molar-refractivity contribution in [3.05, 3.63) is 93.5 Å². The maximum atomic E-state index is 12.4. The van der Waals surface area contributed by atoms with Crippen molar-refractivity contribution in [2.75, 3.05) is 5.75 Å². The van der Waals surface area contributed by atoms with Crippen molar-refractivity contribution in [2.24, 2.45) is 5.10 Å². The molecule has 0 unspecified atom stereocenters. The Hall–Kier alpha value is -2.80. The number of nitrogens with zero attached hydrogens (tertiary/aromatic N) is 3. The molecule has 4 aromatic rings. The molecule has 0 saturated carbocycles. The molecule has 0 aliphatic rings. The number of para-hydroxylation sites is 2. The molecule has 0 saturated heterocycles. The minimum atomic E-state index is -0.247. The zero-order chi connectivity index (χ0) is 22.5. The van der Waals surface area contributed by atoms with Gasteiger partial charge in [0.25, 0.3) is 5.91 Å². The van der Waals surface area contributed by atoms with Gasteiger partial charge >= 0.3 is 0 Å². The lowest BCUT2D eigenvalue weighted by atomic mass is 10.1. The van der Waals surface area contributed by atoms with Crippen LogP contribution in [0.2, 0.25) is 10.0 Å². The van der Waals surface area contributed by atoms with Crippen LogP contribution in [0.4, 0.5) is 0 Å². The van der Waals surface area contributed by atoms with Gasteiger partial charge in [-0.1, -0.05) is 83.0 Å². The van der Waals surface area contributed by atoms with Crippen LogP contribution in [0.3, 0.4) is 0 Å². The molecule has 0 spiro atoms. The van der Waals surface area contributed by atoms with Crippen LogP contribution in [0.25, 0.3) is 11.0 Å². The van der Waals surface area contributed by atoms with Crippen LogP contribution >= 0.6 is 35.0 Å². The minimum Gasteiger partial charge on any atom is -0.314 e. The van der Waals surface area contributed by atoms with Crippen LogP contribution in [0, 0.1) is 6.92 Å². The number of fused-ring (bicyclic) bond motifs is 1. The highest BCUT2D eigenvalue weighted by Gasteiger charge is 2.13. The molecule has 3 aromatic carbocycles. The van der Waals surface area contributed by atoms with E-state index in [4.69, 9.17) is 28.2 Å². The molecule has 0 aliphatic heterocycles. The fourth-order valence-electron chi connectivity index (χ4n) is 3.16. The molecule has 0 aliphatic carbocycles. The topological polar surface area (TPSA) is 59.3 Å². The molecule has 0 bridgehead atoms. The number of nitrogens with one attached hydrogen (secondary N) is 1. The highest BCUT2D eigenvalue weighted by molar-refractivity contribution is 7.99. The third kappa shape index (κ3) is 5.33. The average molecular weight is 483 g/mol. The lowest BCUT2D eigenvalue weighted by molar-refractivity contribution is -0.118. The van der Waals surface area contributed by atoms with Gasteiger partial charge in [0.2, 0.25) is 0 Å². The summed E-state index contributed by atoms with van der Waals surface area (Å²) in [5, 5.41) is 5.70. The molecule has 4 rings (SSSR count). The maximum absolute atomic E-state index is 12.4. The Morgan fingerprint density at radius 1 is 1.06 bits per heavy atom. The molecule has 0 atom stereocenters. The Balaban J connectivity index is 1.46. The lowest BCUT2D eigenvalue weighted by Gasteiger charge is -2.09. The zero-order valence-electron chi connectivity index (χ0n) is 17.3. The van der Waals surface area contributed by atoms with E-state index in [9.17, 15) is 4.79 Å². The van der Waals surface area contributed by atoms with Crippen molar-refractivity contribution in [1.29, 1.82) is 0 Å². The first kappa shape index (κ1) is 22.4. The van der Waals surface area contributed by atoms with Gasteiger partial charge in [0.15, 0.2) is 5.16 Å². The quantitative estimate of drug-likeness (QED) is 0.201. The van der Waals surface area contributed by atoms with Crippen molar-refractivity contribution in [1.82, 2.24) is 15.0 Å². The third-order valence-corrected chi connectivity index (χ3v) is 6.43. The van der Waals surface area contributed by atoms with E-state index in [1.165, 1.54) is 29.1 Å². The Labute approximate surface area is 200 Å². The number of carbonyl (C=O) groups is 1. The molecule has 0 fully saturated rings. The third-order valence-electron chi connectivity index (χ3n) is 4.80. The van der Waals surface area contributed by atoms with Crippen LogP contribution in [0.1, 0.15) is 16.7 Å². The number of rotatable bonds is 7. The van der Waals surface area contributed by atoms with E-state index in [1.807, 2.05) is 24.3 Å². The standard InChI is InChI=1S/C24H20Cl2N4OS/c1-16-9-11-17(12-10-16)14-30-22-8-3-2-7-21(22)28-24(30)32-15-23(31)29-27-13-18-19(25)5-4-6-20(18)26/h2-13H,14-15H2,1H3,(H,29,31)/b27-13-. The van der Waals surface area contributed by atoms with Gasteiger partial charge in [-0.3, -0.25) is 4.79 Å². The number of amides is 1. The summed E-state index contributed by atoms with van der Waals surface area (Å²) >= 11 is 13.6. The Morgan fingerprint density at radius 2 is 1.78 bits per heavy atom. The zero-order valence-corrected chi connectivity index (χ0v) is 19.6. The van der Waals surface area contributed by atoms with E-state index in [2.05, 4.69) is 46.3 Å². The summed E-state index contributed by atoms with van der Waals surface area (Å²) in [5.74, 6) is -0.0754. The molecule has 0 radical (unpaired) electrons. The molecular formula is C24H20Cl2N4OS. The smallest absolute Gasteiger partial charge is 0.250 e. The fraction of sp³-hybridized carbons (Fsp3) is 0.125. The molecule has 1 heterocycles. The lowest BCUT2D eigenvalue weighted by Crippen LogP contribution is -2.20. The monoisotopic (exact) mass is 482 g/mol. The van der Waals surface area contributed by atoms with E-state index >= 15 is 0 Å². The van der Waals surface area contributed by atoms with E-state index in [-0.39, 0.29) is 11.7 Å². The number of carbonyl (C=O) groups excluding carboxylic acids is 1. The van der Waals surface area contributed by atoms with Gasteiger partial charge in [0.05, 0.1) is 39.6 Å².